The summed E-state index contributed by atoms with van der Waals surface area (Å²) in [6.45, 7) is 0.920. The van der Waals surface area contributed by atoms with Gasteiger partial charge in [0.15, 0.2) is 17.3 Å². The van der Waals surface area contributed by atoms with Crippen molar-refractivity contribution in [2.75, 3.05) is 27.4 Å². The Morgan fingerprint density at radius 1 is 1.08 bits per heavy atom. The first-order valence-electron chi connectivity index (χ1n) is 7.70. The predicted octanol–water partition coefficient (Wildman–Crippen LogP) is 3.49. The summed E-state index contributed by atoms with van der Waals surface area (Å²) in [6, 6.07) is 14.0. The molecule has 25 heavy (non-hydrogen) atoms. The lowest BCUT2D eigenvalue weighted by Gasteiger charge is -2.10. The van der Waals surface area contributed by atoms with Gasteiger partial charge in [0.05, 0.1) is 25.3 Å². The second-order valence-electron chi connectivity index (χ2n) is 5.14. The Morgan fingerprint density at radius 2 is 1.84 bits per heavy atom. The summed E-state index contributed by atoms with van der Waals surface area (Å²) in [5.41, 5.74) is 1.87. The van der Waals surface area contributed by atoms with Crippen LogP contribution in [0.15, 0.2) is 48.5 Å². The van der Waals surface area contributed by atoms with Gasteiger partial charge in [0.25, 0.3) is 0 Å². The van der Waals surface area contributed by atoms with E-state index < -0.39 is 0 Å². The largest absolute Gasteiger partial charge is 0.493 e. The number of benzene rings is 2. The molecule has 0 heterocycles. The Balaban J connectivity index is 2.09. The quantitative estimate of drug-likeness (QED) is 0.419. The van der Waals surface area contributed by atoms with Crippen molar-refractivity contribution in [2.24, 2.45) is 0 Å². The van der Waals surface area contributed by atoms with Crippen LogP contribution >= 0.6 is 0 Å². The van der Waals surface area contributed by atoms with Gasteiger partial charge in [-0.1, -0.05) is 12.1 Å². The average Bonchev–Trinajstić information content (AvgIpc) is 2.67. The number of ether oxygens (including phenoxy) is 3. The molecule has 2 aromatic rings. The highest BCUT2D eigenvalue weighted by Gasteiger charge is 2.06. The zero-order valence-corrected chi connectivity index (χ0v) is 14.2. The maximum Gasteiger partial charge on any atom is 0.185 e. The van der Waals surface area contributed by atoms with E-state index in [4.69, 9.17) is 19.5 Å². The molecule has 128 valence electrons. The van der Waals surface area contributed by atoms with Gasteiger partial charge in [-0.05, 0) is 48.0 Å². The highest BCUT2D eigenvalue weighted by atomic mass is 16.5. The molecule has 0 saturated heterocycles. The van der Waals surface area contributed by atoms with Crippen LogP contribution in [0.4, 0.5) is 0 Å². The van der Waals surface area contributed by atoms with Crippen LogP contribution in [0.5, 0.6) is 11.5 Å². The Morgan fingerprint density at radius 3 is 2.48 bits per heavy atom. The van der Waals surface area contributed by atoms with Gasteiger partial charge in [-0.3, -0.25) is 4.79 Å². The molecule has 0 radical (unpaired) electrons. The first-order valence-corrected chi connectivity index (χ1v) is 7.70. The topological polar surface area (TPSA) is 68.5 Å². The molecule has 0 unspecified atom stereocenters. The number of carbonyl (C=O) groups excluding carboxylic acids is 1. The van der Waals surface area contributed by atoms with Crippen molar-refractivity contribution in [3.8, 4) is 17.6 Å². The van der Waals surface area contributed by atoms with Gasteiger partial charge in [0.2, 0.25) is 0 Å². The Kier molecular flexibility index (Phi) is 6.76. The molecule has 0 aliphatic carbocycles. The molecule has 0 saturated carbocycles. The first kappa shape index (κ1) is 18.2. The first-order chi connectivity index (χ1) is 12.2. The highest BCUT2D eigenvalue weighted by molar-refractivity contribution is 6.06. The van der Waals surface area contributed by atoms with E-state index in [1.165, 1.54) is 6.08 Å². The summed E-state index contributed by atoms with van der Waals surface area (Å²) < 4.78 is 15.8. The third kappa shape index (κ3) is 5.20. The minimum atomic E-state index is -0.135. The lowest BCUT2D eigenvalue weighted by Crippen LogP contribution is -2.05. The third-order valence-corrected chi connectivity index (χ3v) is 3.46. The molecule has 2 aromatic carbocycles. The minimum absolute atomic E-state index is 0.135. The van der Waals surface area contributed by atoms with E-state index in [0.29, 0.717) is 35.8 Å². The van der Waals surface area contributed by atoms with E-state index in [2.05, 4.69) is 0 Å². The fourth-order valence-corrected chi connectivity index (χ4v) is 2.12. The normalized spacial score (nSPS) is 10.4. The number of hydrogen-bond donors (Lipinski definition) is 0. The van der Waals surface area contributed by atoms with Gasteiger partial charge in [-0.25, -0.2) is 0 Å². The molecular formula is C20H19NO4. The number of allylic oxidation sites excluding steroid dienone is 1. The Hall–Kier alpha value is -3.10. The van der Waals surface area contributed by atoms with Crippen LogP contribution in [0.1, 0.15) is 21.5 Å². The average molecular weight is 337 g/mol. The fourth-order valence-electron chi connectivity index (χ4n) is 2.12. The zero-order chi connectivity index (χ0) is 18.1. The summed E-state index contributed by atoms with van der Waals surface area (Å²) in [5.74, 6) is 1.07. The number of methoxy groups -OCH3 is 2. The van der Waals surface area contributed by atoms with Crippen LogP contribution in [0, 0.1) is 11.3 Å². The standard InChI is InChI=1S/C20H19NO4/c1-23-11-12-25-19-10-6-15(13-20(19)24-2)5-9-18(22)17-7-3-16(14-21)4-8-17/h3-10,13H,11-12H2,1-2H3/b9-5-. The number of carbonyl (C=O) groups is 1. The highest BCUT2D eigenvalue weighted by Crippen LogP contribution is 2.28. The summed E-state index contributed by atoms with van der Waals surface area (Å²) in [7, 11) is 3.17. The van der Waals surface area contributed by atoms with Crippen LogP contribution in [-0.2, 0) is 4.74 Å². The van der Waals surface area contributed by atoms with Crippen molar-refractivity contribution in [1.82, 2.24) is 0 Å². The van der Waals surface area contributed by atoms with Gasteiger partial charge in [-0.2, -0.15) is 5.26 Å². The summed E-state index contributed by atoms with van der Waals surface area (Å²) >= 11 is 0. The van der Waals surface area contributed by atoms with E-state index in [-0.39, 0.29) is 5.78 Å². The lowest BCUT2D eigenvalue weighted by molar-refractivity contribution is 0.104. The SMILES string of the molecule is COCCOc1ccc(/C=C\C(=O)c2ccc(C#N)cc2)cc1OC. The summed E-state index contributed by atoms with van der Waals surface area (Å²) in [5, 5.41) is 8.78. The second kappa shape index (κ2) is 9.26. The van der Waals surface area contributed by atoms with Gasteiger partial charge >= 0.3 is 0 Å². The minimum Gasteiger partial charge on any atom is -0.493 e. The molecule has 0 atom stereocenters. The van der Waals surface area contributed by atoms with Gasteiger partial charge < -0.3 is 14.2 Å². The maximum absolute atomic E-state index is 12.2. The van der Waals surface area contributed by atoms with Crippen LogP contribution in [0.25, 0.3) is 6.08 Å². The summed E-state index contributed by atoms with van der Waals surface area (Å²) in [4.78, 5) is 12.2. The van der Waals surface area contributed by atoms with Crippen molar-refractivity contribution < 1.29 is 19.0 Å². The molecule has 5 nitrogen and oxygen atoms in total. The van der Waals surface area contributed by atoms with Gasteiger partial charge in [0.1, 0.15) is 6.61 Å². The molecule has 0 aliphatic rings. The van der Waals surface area contributed by atoms with E-state index in [1.807, 2.05) is 12.1 Å². The lowest BCUT2D eigenvalue weighted by atomic mass is 10.1. The third-order valence-electron chi connectivity index (χ3n) is 3.46. The van der Waals surface area contributed by atoms with E-state index in [1.54, 1.807) is 56.7 Å². The van der Waals surface area contributed by atoms with E-state index in [9.17, 15) is 4.79 Å². The van der Waals surface area contributed by atoms with Crippen LogP contribution in [0.2, 0.25) is 0 Å². The summed E-state index contributed by atoms with van der Waals surface area (Å²) in [6.07, 6.45) is 3.20. The van der Waals surface area contributed by atoms with E-state index in [0.717, 1.165) is 5.56 Å². The molecule has 2 rings (SSSR count). The molecule has 5 heteroatoms. The molecule has 0 aliphatic heterocycles. The van der Waals surface area contributed by atoms with Crippen LogP contribution < -0.4 is 9.47 Å². The maximum atomic E-state index is 12.2. The predicted molar refractivity (Wildman–Crippen MR) is 94.9 cm³/mol. The molecular weight excluding hydrogens is 318 g/mol. The monoisotopic (exact) mass is 337 g/mol. The van der Waals surface area contributed by atoms with Crippen molar-refractivity contribution in [1.29, 1.82) is 5.26 Å². The molecule has 0 bridgehead atoms. The van der Waals surface area contributed by atoms with Crippen LogP contribution in [0.3, 0.4) is 0 Å². The van der Waals surface area contributed by atoms with Crippen LogP contribution in [-0.4, -0.2) is 33.2 Å². The van der Waals surface area contributed by atoms with Gasteiger partial charge in [-0.15, -0.1) is 0 Å². The number of nitrogens with zero attached hydrogens (tertiary/aromatic N) is 1. The molecule has 0 amide bonds. The smallest absolute Gasteiger partial charge is 0.185 e. The van der Waals surface area contributed by atoms with E-state index >= 15 is 0 Å². The second-order valence-corrected chi connectivity index (χ2v) is 5.14. The van der Waals surface area contributed by atoms with Crippen molar-refractivity contribution >= 4 is 11.9 Å². The van der Waals surface area contributed by atoms with Crippen molar-refractivity contribution in [3.63, 3.8) is 0 Å². The van der Waals surface area contributed by atoms with Crippen molar-refractivity contribution in [2.45, 2.75) is 0 Å². The molecule has 0 fully saturated rings. The number of ketones is 1. The molecule has 0 spiro atoms. The fraction of sp³-hybridized carbons (Fsp3) is 0.200. The Labute approximate surface area is 147 Å². The Bertz CT molecular complexity index is 788. The zero-order valence-electron chi connectivity index (χ0n) is 14.2. The number of rotatable bonds is 8. The number of hydrogen-bond acceptors (Lipinski definition) is 5. The van der Waals surface area contributed by atoms with Gasteiger partial charge in [0, 0.05) is 12.7 Å². The molecule has 0 aromatic heterocycles. The molecule has 0 N–H and O–H groups in total. The number of nitriles is 1. The van der Waals surface area contributed by atoms with Crippen molar-refractivity contribution in [3.05, 3.63) is 65.2 Å².